The Morgan fingerprint density at radius 1 is 1.19 bits per heavy atom. The van der Waals surface area contributed by atoms with Gasteiger partial charge < -0.3 is 10.2 Å². The molecule has 94 valence electrons. The van der Waals surface area contributed by atoms with E-state index in [1.165, 1.54) is 58.3 Å². The van der Waals surface area contributed by atoms with Crippen LogP contribution in [0.3, 0.4) is 0 Å². The molecule has 2 fully saturated rings. The van der Waals surface area contributed by atoms with Crippen molar-refractivity contribution in [3.05, 3.63) is 0 Å². The van der Waals surface area contributed by atoms with Gasteiger partial charge in [-0.05, 0) is 24.7 Å². The summed E-state index contributed by atoms with van der Waals surface area (Å²) in [6.45, 7) is 9.69. The molecule has 0 amide bonds. The molecule has 1 saturated carbocycles. The first kappa shape index (κ1) is 12.4. The summed E-state index contributed by atoms with van der Waals surface area (Å²) in [5.74, 6) is 1.77. The monoisotopic (exact) mass is 224 g/mol. The van der Waals surface area contributed by atoms with E-state index in [0.717, 1.165) is 17.9 Å². The maximum absolute atomic E-state index is 3.75. The summed E-state index contributed by atoms with van der Waals surface area (Å²) >= 11 is 0. The number of rotatable bonds is 3. The second-order valence-electron chi connectivity index (χ2n) is 6.11. The van der Waals surface area contributed by atoms with E-state index < -0.39 is 0 Å². The third-order valence-corrected chi connectivity index (χ3v) is 4.13. The highest BCUT2D eigenvalue weighted by molar-refractivity contribution is 4.86. The Balaban J connectivity index is 1.80. The normalized spacial score (nSPS) is 29.8. The van der Waals surface area contributed by atoms with Crippen molar-refractivity contribution in [3.8, 4) is 0 Å². The average Bonchev–Trinajstić information content (AvgIpc) is 2.30. The third kappa shape index (κ3) is 3.46. The SMILES string of the molecule is CC(C)CN1CCNC(C2CCCCC2)C1. The predicted octanol–water partition coefficient (Wildman–Crippen LogP) is 2.50. The average molecular weight is 224 g/mol. The van der Waals surface area contributed by atoms with Crippen molar-refractivity contribution < 1.29 is 0 Å². The van der Waals surface area contributed by atoms with Gasteiger partial charge in [0.05, 0.1) is 0 Å². The Kier molecular flexibility index (Phi) is 4.66. The third-order valence-electron chi connectivity index (χ3n) is 4.13. The smallest absolute Gasteiger partial charge is 0.0223 e. The minimum atomic E-state index is 0.785. The minimum absolute atomic E-state index is 0.785. The van der Waals surface area contributed by atoms with Crippen molar-refractivity contribution in [2.45, 2.75) is 52.0 Å². The number of hydrogen-bond donors (Lipinski definition) is 1. The van der Waals surface area contributed by atoms with Gasteiger partial charge >= 0.3 is 0 Å². The van der Waals surface area contributed by atoms with Gasteiger partial charge in [0.25, 0.3) is 0 Å². The summed E-state index contributed by atoms with van der Waals surface area (Å²) < 4.78 is 0. The Bertz CT molecular complexity index is 197. The molecule has 0 bridgehead atoms. The Labute approximate surface area is 101 Å². The molecular weight excluding hydrogens is 196 g/mol. The maximum atomic E-state index is 3.75. The van der Waals surface area contributed by atoms with Crippen LogP contribution in [0.1, 0.15) is 46.0 Å². The van der Waals surface area contributed by atoms with Gasteiger partial charge in [-0.3, -0.25) is 0 Å². The van der Waals surface area contributed by atoms with Crippen LogP contribution in [0.25, 0.3) is 0 Å². The zero-order valence-corrected chi connectivity index (χ0v) is 11.0. The Morgan fingerprint density at radius 3 is 2.62 bits per heavy atom. The number of hydrogen-bond acceptors (Lipinski definition) is 2. The van der Waals surface area contributed by atoms with Gasteiger partial charge in [0, 0.05) is 32.2 Å². The van der Waals surface area contributed by atoms with E-state index in [-0.39, 0.29) is 0 Å². The molecule has 2 heteroatoms. The summed E-state index contributed by atoms with van der Waals surface area (Å²) in [6.07, 6.45) is 7.33. The van der Waals surface area contributed by atoms with E-state index in [1.807, 2.05) is 0 Å². The predicted molar refractivity (Wildman–Crippen MR) is 69.6 cm³/mol. The first-order chi connectivity index (χ1) is 7.75. The fourth-order valence-electron chi connectivity index (χ4n) is 3.38. The molecule has 1 heterocycles. The Morgan fingerprint density at radius 2 is 1.94 bits per heavy atom. The second-order valence-corrected chi connectivity index (χ2v) is 6.11. The van der Waals surface area contributed by atoms with Crippen LogP contribution in [0, 0.1) is 11.8 Å². The lowest BCUT2D eigenvalue weighted by Crippen LogP contribution is -2.54. The second kappa shape index (κ2) is 6.02. The van der Waals surface area contributed by atoms with E-state index in [2.05, 4.69) is 24.1 Å². The van der Waals surface area contributed by atoms with Crippen LogP contribution in [0.5, 0.6) is 0 Å². The summed E-state index contributed by atoms with van der Waals surface area (Å²) in [6, 6.07) is 0.785. The minimum Gasteiger partial charge on any atom is -0.311 e. The van der Waals surface area contributed by atoms with Crippen molar-refractivity contribution in [2.24, 2.45) is 11.8 Å². The van der Waals surface area contributed by atoms with Crippen molar-refractivity contribution in [1.82, 2.24) is 10.2 Å². The molecule has 1 N–H and O–H groups in total. The van der Waals surface area contributed by atoms with Crippen molar-refractivity contribution in [1.29, 1.82) is 0 Å². The zero-order valence-electron chi connectivity index (χ0n) is 11.0. The molecule has 2 aliphatic rings. The summed E-state index contributed by atoms with van der Waals surface area (Å²) in [5.41, 5.74) is 0. The summed E-state index contributed by atoms with van der Waals surface area (Å²) in [5, 5.41) is 3.75. The molecule has 0 aromatic heterocycles. The van der Waals surface area contributed by atoms with Gasteiger partial charge in [-0.15, -0.1) is 0 Å². The standard InChI is InChI=1S/C14H28N2/c1-12(2)10-16-9-8-15-14(11-16)13-6-4-3-5-7-13/h12-15H,3-11H2,1-2H3. The molecule has 1 saturated heterocycles. The summed E-state index contributed by atoms with van der Waals surface area (Å²) in [7, 11) is 0. The largest absolute Gasteiger partial charge is 0.311 e. The van der Waals surface area contributed by atoms with E-state index in [1.54, 1.807) is 0 Å². The van der Waals surface area contributed by atoms with Gasteiger partial charge in [0.1, 0.15) is 0 Å². The molecule has 1 unspecified atom stereocenters. The molecule has 16 heavy (non-hydrogen) atoms. The molecule has 1 aliphatic heterocycles. The lowest BCUT2D eigenvalue weighted by Gasteiger charge is -2.39. The zero-order chi connectivity index (χ0) is 11.4. The van der Waals surface area contributed by atoms with E-state index >= 15 is 0 Å². The highest BCUT2D eigenvalue weighted by atomic mass is 15.2. The van der Waals surface area contributed by atoms with E-state index in [4.69, 9.17) is 0 Å². The first-order valence-electron chi connectivity index (χ1n) is 7.21. The molecule has 0 radical (unpaired) electrons. The quantitative estimate of drug-likeness (QED) is 0.792. The number of nitrogens with zero attached hydrogens (tertiary/aromatic N) is 1. The van der Waals surface area contributed by atoms with Crippen molar-refractivity contribution in [2.75, 3.05) is 26.2 Å². The highest BCUT2D eigenvalue weighted by Crippen LogP contribution is 2.27. The van der Waals surface area contributed by atoms with E-state index in [0.29, 0.717) is 0 Å². The summed E-state index contributed by atoms with van der Waals surface area (Å²) in [4.78, 5) is 2.67. The van der Waals surface area contributed by atoms with Crippen LogP contribution in [0.4, 0.5) is 0 Å². The number of nitrogens with one attached hydrogen (secondary N) is 1. The molecule has 2 nitrogen and oxygen atoms in total. The van der Waals surface area contributed by atoms with E-state index in [9.17, 15) is 0 Å². The topological polar surface area (TPSA) is 15.3 Å². The van der Waals surface area contributed by atoms with Gasteiger partial charge in [0.15, 0.2) is 0 Å². The van der Waals surface area contributed by atoms with Crippen LogP contribution in [0.15, 0.2) is 0 Å². The lowest BCUT2D eigenvalue weighted by molar-refractivity contribution is 0.135. The van der Waals surface area contributed by atoms with Gasteiger partial charge in [0.2, 0.25) is 0 Å². The lowest BCUT2D eigenvalue weighted by atomic mass is 9.83. The van der Waals surface area contributed by atoms with Crippen LogP contribution < -0.4 is 5.32 Å². The molecule has 1 aliphatic carbocycles. The molecule has 2 rings (SSSR count). The first-order valence-corrected chi connectivity index (χ1v) is 7.21. The van der Waals surface area contributed by atoms with Crippen molar-refractivity contribution in [3.63, 3.8) is 0 Å². The fraction of sp³-hybridized carbons (Fsp3) is 1.00. The molecule has 0 aromatic rings. The van der Waals surface area contributed by atoms with Gasteiger partial charge in [-0.2, -0.15) is 0 Å². The molecule has 0 aromatic carbocycles. The fourth-order valence-corrected chi connectivity index (χ4v) is 3.38. The maximum Gasteiger partial charge on any atom is 0.0223 e. The number of piperazine rings is 1. The van der Waals surface area contributed by atoms with Crippen LogP contribution >= 0.6 is 0 Å². The Hall–Kier alpha value is -0.0800. The van der Waals surface area contributed by atoms with Crippen LogP contribution in [0.2, 0.25) is 0 Å². The molecular formula is C14H28N2. The highest BCUT2D eigenvalue weighted by Gasteiger charge is 2.27. The van der Waals surface area contributed by atoms with Gasteiger partial charge in [-0.25, -0.2) is 0 Å². The molecule has 1 atom stereocenters. The van der Waals surface area contributed by atoms with Crippen LogP contribution in [-0.2, 0) is 0 Å². The van der Waals surface area contributed by atoms with Crippen molar-refractivity contribution >= 4 is 0 Å². The van der Waals surface area contributed by atoms with Crippen LogP contribution in [-0.4, -0.2) is 37.1 Å². The van der Waals surface area contributed by atoms with Gasteiger partial charge in [-0.1, -0.05) is 33.1 Å². The molecule has 0 spiro atoms.